The van der Waals surface area contributed by atoms with Crippen LogP contribution < -0.4 is 15.8 Å². The molecule has 0 aromatic heterocycles. The largest absolute Gasteiger partial charge is 0.325 e. The number of nitrogens with two attached hydrogens (primary N) is 1. The van der Waals surface area contributed by atoms with Gasteiger partial charge in [0.15, 0.2) is 0 Å². The van der Waals surface area contributed by atoms with Crippen molar-refractivity contribution in [2.45, 2.75) is 11.8 Å². The van der Waals surface area contributed by atoms with Crippen LogP contribution in [0.3, 0.4) is 0 Å². The van der Waals surface area contributed by atoms with E-state index in [2.05, 4.69) is 10.6 Å². The van der Waals surface area contributed by atoms with Crippen molar-refractivity contribution < 1.29 is 13.2 Å². The van der Waals surface area contributed by atoms with E-state index in [-0.39, 0.29) is 22.4 Å². The van der Waals surface area contributed by atoms with Crippen LogP contribution in [0.25, 0.3) is 0 Å². The molecule has 1 amide bonds. The number of hydrogen-bond acceptors (Lipinski definition) is 4. The second kappa shape index (κ2) is 5.28. The van der Waals surface area contributed by atoms with E-state index in [9.17, 15) is 13.2 Å². The van der Waals surface area contributed by atoms with E-state index in [0.717, 1.165) is 13.1 Å². The van der Waals surface area contributed by atoms with Crippen molar-refractivity contribution in [2.75, 3.05) is 18.4 Å². The second-order valence-electron chi connectivity index (χ2n) is 4.74. The average molecular weight is 283 g/mol. The van der Waals surface area contributed by atoms with Gasteiger partial charge in [-0.25, -0.2) is 13.6 Å². The van der Waals surface area contributed by atoms with Gasteiger partial charge in [-0.3, -0.25) is 4.79 Å². The summed E-state index contributed by atoms with van der Waals surface area (Å²) in [6.45, 7) is 3.46. The number of rotatable bonds is 4. The Bertz CT molecular complexity index is 582. The molecule has 104 valence electrons. The monoisotopic (exact) mass is 283 g/mol. The standard InChI is InChI=1S/C12H17N3O3S/c1-8(9-6-14-7-9)12(16)15-10-4-2-3-5-11(10)19(13,17)18/h2-5,8-9,14H,6-7H2,1H3,(H,15,16)(H2,13,17,18). The van der Waals surface area contributed by atoms with Crippen LogP contribution in [0.15, 0.2) is 29.2 Å². The summed E-state index contributed by atoms with van der Waals surface area (Å²) in [6, 6.07) is 6.12. The summed E-state index contributed by atoms with van der Waals surface area (Å²) in [4.78, 5) is 12.0. The number of para-hydroxylation sites is 1. The van der Waals surface area contributed by atoms with Gasteiger partial charge in [0.05, 0.1) is 5.69 Å². The van der Waals surface area contributed by atoms with Crippen molar-refractivity contribution in [3.05, 3.63) is 24.3 Å². The van der Waals surface area contributed by atoms with Gasteiger partial charge in [-0.2, -0.15) is 0 Å². The van der Waals surface area contributed by atoms with Crippen LogP contribution in [0.2, 0.25) is 0 Å². The number of hydrogen-bond donors (Lipinski definition) is 3. The molecule has 0 spiro atoms. The van der Waals surface area contributed by atoms with E-state index in [1.54, 1.807) is 12.1 Å². The minimum atomic E-state index is -3.84. The summed E-state index contributed by atoms with van der Waals surface area (Å²) < 4.78 is 22.8. The van der Waals surface area contributed by atoms with E-state index in [1.165, 1.54) is 12.1 Å². The summed E-state index contributed by atoms with van der Waals surface area (Å²) in [5.41, 5.74) is 0.231. The van der Waals surface area contributed by atoms with Crippen molar-refractivity contribution in [3.63, 3.8) is 0 Å². The first kappa shape index (κ1) is 14.0. The van der Waals surface area contributed by atoms with E-state index in [4.69, 9.17) is 5.14 Å². The van der Waals surface area contributed by atoms with Crippen LogP contribution in [-0.4, -0.2) is 27.4 Å². The lowest BCUT2D eigenvalue weighted by Crippen LogP contribution is -2.48. The third-order valence-electron chi connectivity index (χ3n) is 3.39. The Kier molecular flexibility index (Phi) is 3.88. The first-order valence-corrected chi connectivity index (χ1v) is 7.57. The molecule has 0 radical (unpaired) electrons. The fourth-order valence-electron chi connectivity index (χ4n) is 1.94. The van der Waals surface area contributed by atoms with Crippen molar-refractivity contribution in [1.82, 2.24) is 5.32 Å². The molecule has 2 rings (SSSR count). The Labute approximate surface area is 112 Å². The van der Waals surface area contributed by atoms with Crippen LogP contribution in [0.5, 0.6) is 0 Å². The van der Waals surface area contributed by atoms with Gasteiger partial charge in [0.2, 0.25) is 15.9 Å². The Balaban J connectivity index is 2.17. The molecule has 1 atom stereocenters. The quantitative estimate of drug-likeness (QED) is 0.731. The van der Waals surface area contributed by atoms with E-state index >= 15 is 0 Å². The number of benzene rings is 1. The fraction of sp³-hybridized carbons (Fsp3) is 0.417. The molecule has 6 nitrogen and oxygen atoms in total. The minimum Gasteiger partial charge on any atom is -0.325 e. The predicted molar refractivity (Wildman–Crippen MR) is 72.0 cm³/mol. The summed E-state index contributed by atoms with van der Waals surface area (Å²) >= 11 is 0. The highest BCUT2D eigenvalue weighted by atomic mass is 32.2. The number of carbonyl (C=O) groups is 1. The van der Waals surface area contributed by atoms with Crippen molar-refractivity contribution in [3.8, 4) is 0 Å². The molecule has 0 bridgehead atoms. The van der Waals surface area contributed by atoms with Crippen LogP contribution >= 0.6 is 0 Å². The van der Waals surface area contributed by atoms with Gasteiger partial charge >= 0.3 is 0 Å². The number of primary sulfonamides is 1. The molecule has 1 aromatic rings. The van der Waals surface area contributed by atoms with Crippen LogP contribution in [-0.2, 0) is 14.8 Å². The van der Waals surface area contributed by atoms with Crippen molar-refractivity contribution in [1.29, 1.82) is 0 Å². The highest BCUT2D eigenvalue weighted by molar-refractivity contribution is 7.89. The maximum atomic E-state index is 12.1. The summed E-state index contributed by atoms with van der Waals surface area (Å²) in [5.74, 6) is -0.0703. The second-order valence-corrected chi connectivity index (χ2v) is 6.27. The molecule has 4 N–H and O–H groups in total. The molecule has 1 aliphatic heterocycles. The molecule has 0 aliphatic carbocycles. The maximum absolute atomic E-state index is 12.1. The number of nitrogens with one attached hydrogen (secondary N) is 2. The molecule has 1 fully saturated rings. The fourth-order valence-corrected chi connectivity index (χ4v) is 2.64. The number of amides is 1. The third-order valence-corrected chi connectivity index (χ3v) is 4.35. The smallest absolute Gasteiger partial charge is 0.240 e. The van der Waals surface area contributed by atoms with Crippen LogP contribution in [0.1, 0.15) is 6.92 Å². The maximum Gasteiger partial charge on any atom is 0.240 e. The van der Waals surface area contributed by atoms with E-state index in [0.29, 0.717) is 5.92 Å². The van der Waals surface area contributed by atoms with Crippen molar-refractivity contribution >= 4 is 21.6 Å². The summed E-state index contributed by atoms with van der Waals surface area (Å²) in [5, 5.41) is 10.9. The van der Waals surface area contributed by atoms with Gasteiger partial charge in [-0.15, -0.1) is 0 Å². The van der Waals surface area contributed by atoms with E-state index in [1.807, 2.05) is 6.92 Å². The Morgan fingerprint density at radius 1 is 1.42 bits per heavy atom. The van der Waals surface area contributed by atoms with Gasteiger partial charge in [0.1, 0.15) is 4.90 Å². The molecular weight excluding hydrogens is 266 g/mol. The molecule has 0 saturated carbocycles. The molecule has 1 aromatic carbocycles. The summed E-state index contributed by atoms with van der Waals surface area (Å²) in [6.07, 6.45) is 0. The first-order valence-electron chi connectivity index (χ1n) is 6.03. The lowest BCUT2D eigenvalue weighted by atomic mass is 9.88. The normalized spacial score (nSPS) is 17.6. The highest BCUT2D eigenvalue weighted by Gasteiger charge is 2.29. The highest BCUT2D eigenvalue weighted by Crippen LogP contribution is 2.22. The van der Waals surface area contributed by atoms with E-state index < -0.39 is 10.0 Å². The zero-order valence-electron chi connectivity index (χ0n) is 10.6. The Morgan fingerprint density at radius 3 is 2.58 bits per heavy atom. The molecule has 1 aliphatic rings. The Morgan fingerprint density at radius 2 is 2.05 bits per heavy atom. The minimum absolute atomic E-state index is 0.0673. The van der Waals surface area contributed by atoms with Gasteiger partial charge in [0, 0.05) is 5.92 Å². The number of carbonyl (C=O) groups excluding carboxylic acids is 1. The zero-order valence-corrected chi connectivity index (χ0v) is 11.4. The molecule has 19 heavy (non-hydrogen) atoms. The topological polar surface area (TPSA) is 101 Å². The Hall–Kier alpha value is -1.44. The summed E-state index contributed by atoms with van der Waals surface area (Å²) in [7, 11) is -3.84. The first-order chi connectivity index (χ1) is 8.89. The lowest BCUT2D eigenvalue weighted by Gasteiger charge is -2.31. The average Bonchev–Trinajstić information content (AvgIpc) is 2.25. The molecule has 1 unspecified atom stereocenters. The van der Waals surface area contributed by atoms with Gasteiger partial charge in [-0.1, -0.05) is 19.1 Å². The number of sulfonamides is 1. The zero-order chi connectivity index (χ0) is 14.0. The van der Waals surface area contributed by atoms with Gasteiger partial charge < -0.3 is 10.6 Å². The molecule has 1 heterocycles. The molecule has 1 saturated heterocycles. The third kappa shape index (κ3) is 3.12. The predicted octanol–water partition coefficient (Wildman–Crippen LogP) is 0.128. The molecular formula is C12H17N3O3S. The van der Waals surface area contributed by atoms with Gasteiger partial charge in [0.25, 0.3) is 0 Å². The van der Waals surface area contributed by atoms with Crippen LogP contribution in [0.4, 0.5) is 5.69 Å². The van der Waals surface area contributed by atoms with Crippen molar-refractivity contribution in [2.24, 2.45) is 17.0 Å². The van der Waals surface area contributed by atoms with Crippen LogP contribution in [0, 0.1) is 11.8 Å². The lowest BCUT2D eigenvalue weighted by molar-refractivity contribution is -0.121. The molecule has 7 heteroatoms. The van der Waals surface area contributed by atoms with Gasteiger partial charge in [-0.05, 0) is 31.1 Å². The SMILES string of the molecule is CC(C(=O)Nc1ccccc1S(N)(=O)=O)C1CNC1. The number of anilines is 1.